The first-order valence-electron chi connectivity index (χ1n) is 7.42. The molecule has 4 nitrogen and oxygen atoms in total. The van der Waals surface area contributed by atoms with Crippen molar-refractivity contribution in [3.8, 4) is 37.0 Å². The lowest BCUT2D eigenvalue weighted by molar-refractivity contribution is -0.0961. The Morgan fingerprint density at radius 3 is 1.52 bits per heavy atom. The third-order valence-electron chi connectivity index (χ3n) is 2.86. The molecule has 0 heterocycles. The van der Waals surface area contributed by atoms with E-state index < -0.39 is 5.41 Å². The van der Waals surface area contributed by atoms with Gasteiger partial charge in [0.05, 0.1) is 31.8 Å². The molecule has 128 valence electrons. The van der Waals surface area contributed by atoms with Crippen molar-refractivity contribution in [3.63, 3.8) is 0 Å². The molecule has 0 aromatic heterocycles. The number of hydrogen-bond acceptors (Lipinski definition) is 4. The topological polar surface area (TPSA) is 36.9 Å². The predicted octanol–water partition coefficient (Wildman–Crippen LogP) is 2.11. The van der Waals surface area contributed by atoms with Gasteiger partial charge in [-0.2, -0.15) is 0 Å². The van der Waals surface area contributed by atoms with E-state index in [9.17, 15) is 0 Å². The second-order valence-corrected chi connectivity index (χ2v) is 5.83. The fraction of sp³-hybridized carbons (Fsp3) is 0.667. The minimum Gasteiger partial charge on any atom is -0.381 e. The van der Waals surface area contributed by atoms with E-state index in [1.54, 1.807) is 0 Å². The minimum absolute atomic E-state index is 0.218. The summed E-state index contributed by atoms with van der Waals surface area (Å²) in [5, 5.41) is 0.962. The lowest BCUT2D eigenvalue weighted by Gasteiger charge is -2.32. The van der Waals surface area contributed by atoms with Crippen LogP contribution >= 0.6 is 15.9 Å². The molecule has 0 unspecified atom stereocenters. The maximum Gasteiger partial charge on any atom is 0.107 e. The smallest absolute Gasteiger partial charge is 0.107 e. The van der Waals surface area contributed by atoms with Crippen LogP contribution < -0.4 is 0 Å². The molecule has 0 spiro atoms. The normalized spacial score (nSPS) is 10.7. The zero-order valence-electron chi connectivity index (χ0n) is 13.5. The van der Waals surface area contributed by atoms with Crippen LogP contribution in [0.1, 0.15) is 12.8 Å². The summed E-state index contributed by atoms with van der Waals surface area (Å²) in [6.45, 7) is 2.79. The molecule has 0 aliphatic carbocycles. The first kappa shape index (κ1) is 22.0. The number of ether oxygens (including phenoxy) is 4. The van der Waals surface area contributed by atoms with Gasteiger partial charge in [0.1, 0.15) is 19.8 Å². The predicted molar refractivity (Wildman–Crippen MR) is 95.2 cm³/mol. The molecule has 5 heteroatoms. The minimum atomic E-state index is -0.487. The van der Waals surface area contributed by atoms with Crippen molar-refractivity contribution in [2.24, 2.45) is 5.41 Å². The Morgan fingerprint density at radius 2 is 1.13 bits per heavy atom. The van der Waals surface area contributed by atoms with Gasteiger partial charge in [0.15, 0.2) is 0 Å². The van der Waals surface area contributed by atoms with E-state index in [1.165, 1.54) is 0 Å². The van der Waals surface area contributed by atoms with Crippen LogP contribution in [0.15, 0.2) is 0 Å². The lowest BCUT2D eigenvalue weighted by Crippen LogP contribution is -2.42. The van der Waals surface area contributed by atoms with Crippen LogP contribution in [0.4, 0.5) is 0 Å². The van der Waals surface area contributed by atoms with Crippen LogP contribution in [0.25, 0.3) is 0 Å². The van der Waals surface area contributed by atoms with Gasteiger partial charge in [-0.1, -0.05) is 33.7 Å². The van der Waals surface area contributed by atoms with Gasteiger partial charge in [0.2, 0.25) is 0 Å². The number of rotatable bonds is 15. The Balaban J connectivity index is 4.63. The van der Waals surface area contributed by atoms with Crippen LogP contribution in [0.2, 0.25) is 0 Å². The zero-order chi connectivity index (χ0) is 17.2. The van der Waals surface area contributed by atoms with Crippen molar-refractivity contribution < 1.29 is 18.9 Å². The molecule has 0 aliphatic rings. The van der Waals surface area contributed by atoms with Crippen LogP contribution in [-0.2, 0) is 18.9 Å². The highest BCUT2D eigenvalue weighted by Gasteiger charge is 2.32. The molecule has 0 atom stereocenters. The van der Waals surface area contributed by atoms with Gasteiger partial charge in [-0.05, 0) is 12.8 Å². The van der Waals surface area contributed by atoms with Crippen molar-refractivity contribution in [1.82, 2.24) is 0 Å². The van der Waals surface area contributed by atoms with Crippen LogP contribution in [0.3, 0.4) is 0 Å². The van der Waals surface area contributed by atoms with E-state index in [0.717, 1.165) is 18.2 Å². The Morgan fingerprint density at radius 1 is 0.696 bits per heavy atom. The quantitative estimate of drug-likeness (QED) is 0.246. The molecule has 0 aromatic carbocycles. The molecule has 0 rings (SSSR count). The van der Waals surface area contributed by atoms with Gasteiger partial charge < -0.3 is 18.9 Å². The van der Waals surface area contributed by atoms with Crippen LogP contribution in [-0.4, -0.2) is 58.2 Å². The highest BCUT2D eigenvalue weighted by molar-refractivity contribution is 9.09. The van der Waals surface area contributed by atoms with E-state index in [2.05, 4.69) is 33.7 Å². The van der Waals surface area contributed by atoms with Gasteiger partial charge in [0.25, 0.3) is 0 Å². The molecule has 0 saturated heterocycles. The summed E-state index contributed by atoms with van der Waals surface area (Å²) in [7, 11) is 0. The molecular weight excluding hydrogens is 360 g/mol. The zero-order valence-corrected chi connectivity index (χ0v) is 15.1. The summed E-state index contributed by atoms with van der Waals surface area (Å²) in [4.78, 5) is 0. The Bertz CT molecular complexity index is 352. The summed E-state index contributed by atoms with van der Waals surface area (Å²) < 4.78 is 22.3. The fourth-order valence-corrected chi connectivity index (χ4v) is 2.21. The fourth-order valence-electron chi connectivity index (χ4n) is 1.82. The van der Waals surface area contributed by atoms with Crippen molar-refractivity contribution in [2.45, 2.75) is 12.8 Å². The van der Waals surface area contributed by atoms with Gasteiger partial charge in [-0.15, -0.1) is 19.3 Å². The second-order valence-electron chi connectivity index (χ2n) is 5.04. The Hall–Kier alpha value is -1.00. The van der Waals surface area contributed by atoms with Crippen LogP contribution in [0.5, 0.6) is 0 Å². The molecule has 0 amide bonds. The molecule has 0 aliphatic heterocycles. The molecule has 0 fully saturated rings. The first-order valence-corrected chi connectivity index (χ1v) is 8.54. The number of hydrogen-bond donors (Lipinski definition) is 0. The summed E-state index contributed by atoms with van der Waals surface area (Å²) in [5.41, 5.74) is -0.487. The van der Waals surface area contributed by atoms with E-state index in [4.69, 9.17) is 38.2 Å². The van der Waals surface area contributed by atoms with Gasteiger partial charge in [-0.3, -0.25) is 0 Å². The standard InChI is InChI=1S/C18H25BrO4/c1-4-10-20-14-18(15-21-11-5-2,16-22-12-6-3)17-23-13-8-7-9-19/h1-3H,7-17H2. The maximum atomic E-state index is 5.78. The summed E-state index contributed by atoms with van der Waals surface area (Å²) >= 11 is 3.40. The maximum absolute atomic E-state index is 5.78. The van der Waals surface area contributed by atoms with Crippen molar-refractivity contribution in [3.05, 3.63) is 0 Å². The number of alkyl halides is 1. The summed E-state index contributed by atoms with van der Waals surface area (Å²) in [5.74, 6) is 7.33. The second kappa shape index (κ2) is 15.9. The van der Waals surface area contributed by atoms with E-state index in [-0.39, 0.29) is 19.8 Å². The number of halogens is 1. The molecule has 0 aromatic rings. The Labute approximate surface area is 148 Å². The number of terminal acetylenes is 3. The van der Waals surface area contributed by atoms with E-state index >= 15 is 0 Å². The Kier molecular flexibility index (Phi) is 15.2. The highest BCUT2D eigenvalue weighted by Crippen LogP contribution is 2.21. The van der Waals surface area contributed by atoms with Crippen molar-refractivity contribution >= 4 is 15.9 Å². The summed E-state index contributed by atoms with van der Waals surface area (Å²) in [6.07, 6.45) is 17.7. The number of unbranched alkanes of at least 4 members (excludes halogenated alkanes) is 1. The van der Waals surface area contributed by atoms with E-state index in [1.807, 2.05) is 0 Å². The van der Waals surface area contributed by atoms with Crippen molar-refractivity contribution in [2.75, 3.05) is 58.2 Å². The third kappa shape index (κ3) is 12.1. The van der Waals surface area contributed by atoms with Gasteiger partial charge >= 0.3 is 0 Å². The SMILES string of the molecule is C#CCOCC(COCC#C)(COCC#C)COCCCCBr. The summed E-state index contributed by atoms with van der Waals surface area (Å²) in [6, 6.07) is 0. The first-order chi connectivity index (χ1) is 11.2. The lowest BCUT2D eigenvalue weighted by atomic mass is 9.92. The third-order valence-corrected chi connectivity index (χ3v) is 3.42. The average molecular weight is 385 g/mol. The molecule has 0 radical (unpaired) electrons. The average Bonchev–Trinajstić information content (AvgIpc) is 2.55. The molecule has 0 saturated carbocycles. The largest absolute Gasteiger partial charge is 0.381 e. The monoisotopic (exact) mass is 384 g/mol. The molecule has 23 heavy (non-hydrogen) atoms. The van der Waals surface area contributed by atoms with Crippen molar-refractivity contribution in [1.29, 1.82) is 0 Å². The highest BCUT2D eigenvalue weighted by atomic mass is 79.9. The van der Waals surface area contributed by atoms with Gasteiger partial charge in [-0.25, -0.2) is 0 Å². The molecule has 0 bridgehead atoms. The molecule has 0 N–H and O–H groups in total. The van der Waals surface area contributed by atoms with Gasteiger partial charge in [0, 0.05) is 11.9 Å². The van der Waals surface area contributed by atoms with Crippen LogP contribution in [0, 0.1) is 42.4 Å². The molecular formula is C18H25BrO4. The van der Waals surface area contributed by atoms with E-state index in [0.29, 0.717) is 33.0 Å².